The van der Waals surface area contributed by atoms with Crippen LogP contribution in [0.25, 0.3) is 27.5 Å². The molecule has 6 nitrogen and oxygen atoms in total. The van der Waals surface area contributed by atoms with Crippen molar-refractivity contribution in [1.29, 1.82) is 0 Å². The smallest absolute Gasteiger partial charge is 0.226 e. The molecule has 0 saturated carbocycles. The standard InChI is InChI=1S/C28H20N4O2/c1-17-13-15-20(16-14-17)30-31-25-24(26(33)19-7-3-2-4-8-19)27-29-21-11-5-9-18-10-6-12-22(23(18)21)32(27)28(25)34/h2-16,29,34H,1H3. The van der Waals surface area contributed by atoms with Crippen LogP contribution in [0.2, 0.25) is 0 Å². The van der Waals surface area contributed by atoms with Crippen molar-refractivity contribution in [2.24, 2.45) is 10.2 Å². The molecule has 0 saturated heterocycles. The largest absolute Gasteiger partial charge is 0.493 e. The van der Waals surface area contributed by atoms with Crippen molar-refractivity contribution in [2.75, 3.05) is 0 Å². The van der Waals surface area contributed by atoms with Gasteiger partial charge in [0.1, 0.15) is 5.65 Å². The Labute approximate surface area is 194 Å². The quantitative estimate of drug-likeness (QED) is 0.222. The van der Waals surface area contributed by atoms with Crippen LogP contribution in [-0.4, -0.2) is 20.3 Å². The number of H-pyrrole nitrogens is 1. The van der Waals surface area contributed by atoms with Crippen LogP contribution < -0.4 is 0 Å². The summed E-state index contributed by atoms with van der Waals surface area (Å²) < 4.78 is 1.65. The Morgan fingerprint density at radius 1 is 0.853 bits per heavy atom. The van der Waals surface area contributed by atoms with Gasteiger partial charge in [0.15, 0.2) is 11.5 Å². The molecule has 0 atom stereocenters. The minimum Gasteiger partial charge on any atom is -0.493 e. The molecule has 4 aromatic carbocycles. The molecule has 6 heteroatoms. The van der Waals surface area contributed by atoms with Crippen LogP contribution in [0, 0.1) is 6.92 Å². The lowest BCUT2D eigenvalue weighted by Gasteiger charge is -2.10. The number of rotatable bonds is 4. The monoisotopic (exact) mass is 444 g/mol. The molecular formula is C28H20N4O2. The fourth-order valence-corrected chi connectivity index (χ4v) is 4.40. The molecule has 6 aromatic rings. The molecule has 6 rings (SSSR count). The van der Waals surface area contributed by atoms with Gasteiger partial charge in [0.2, 0.25) is 5.88 Å². The molecule has 0 aliphatic rings. The number of carbonyl (C=O) groups excluding carboxylic acids is 1. The molecule has 0 aliphatic heterocycles. The molecule has 0 radical (unpaired) electrons. The molecule has 0 unspecified atom stereocenters. The van der Waals surface area contributed by atoms with Gasteiger partial charge in [0.05, 0.1) is 16.8 Å². The number of aryl methyl sites for hydroxylation is 1. The first-order chi connectivity index (χ1) is 16.6. The van der Waals surface area contributed by atoms with Crippen molar-refractivity contribution in [1.82, 2.24) is 9.38 Å². The van der Waals surface area contributed by atoms with Gasteiger partial charge in [-0.15, -0.1) is 5.11 Å². The van der Waals surface area contributed by atoms with Gasteiger partial charge in [-0.05, 0) is 36.6 Å². The Balaban J connectivity index is 1.68. The average Bonchev–Trinajstić information content (AvgIpc) is 3.15. The highest BCUT2D eigenvalue weighted by atomic mass is 16.3. The molecule has 0 fully saturated rings. The molecule has 2 heterocycles. The second-order valence-corrected chi connectivity index (χ2v) is 8.27. The first-order valence-corrected chi connectivity index (χ1v) is 11.0. The normalized spacial score (nSPS) is 11.8. The number of aromatic amines is 1. The zero-order valence-corrected chi connectivity index (χ0v) is 18.4. The van der Waals surface area contributed by atoms with Gasteiger partial charge < -0.3 is 10.1 Å². The third kappa shape index (κ3) is 3.08. The fourth-order valence-electron chi connectivity index (χ4n) is 4.40. The summed E-state index contributed by atoms with van der Waals surface area (Å²) in [5.41, 5.74) is 4.74. The van der Waals surface area contributed by atoms with Gasteiger partial charge in [-0.1, -0.05) is 72.3 Å². The van der Waals surface area contributed by atoms with E-state index in [4.69, 9.17) is 0 Å². The lowest BCUT2D eigenvalue weighted by atomic mass is 10.0. The number of aromatic hydroxyl groups is 1. The summed E-state index contributed by atoms with van der Waals surface area (Å²) in [5.74, 6) is -0.388. The minimum atomic E-state index is -0.249. The second-order valence-electron chi connectivity index (χ2n) is 8.27. The summed E-state index contributed by atoms with van der Waals surface area (Å²) in [6, 6.07) is 28.4. The van der Waals surface area contributed by atoms with E-state index < -0.39 is 0 Å². The molecule has 2 N–H and O–H groups in total. The number of hydrogen-bond donors (Lipinski definition) is 2. The number of nitrogens with zero attached hydrogens (tertiary/aromatic N) is 3. The summed E-state index contributed by atoms with van der Waals surface area (Å²) in [5, 5.41) is 22.1. The molecule has 0 spiro atoms. The molecule has 0 amide bonds. The van der Waals surface area contributed by atoms with Gasteiger partial charge >= 0.3 is 0 Å². The van der Waals surface area contributed by atoms with E-state index in [2.05, 4.69) is 15.2 Å². The number of fused-ring (bicyclic) bond motifs is 2. The van der Waals surface area contributed by atoms with E-state index in [0.29, 0.717) is 16.9 Å². The van der Waals surface area contributed by atoms with Crippen molar-refractivity contribution in [2.45, 2.75) is 6.92 Å². The highest BCUT2D eigenvalue weighted by Crippen LogP contribution is 2.41. The average molecular weight is 444 g/mol. The zero-order valence-electron chi connectivity index (χ0n) is 18.4. The van der Waals surface area contributed by atoms with E-state index in [9.17, 15) is 9.90 Å². The van der Waals surface area contributed by atoms with Gasteiger partial charge in [-0.25, -0.2) is 0 Å². The Hall–Kier alpha value is -4.71. The summed E-state index contributed by atoms with van der Waals surface area (Å²) in [6.45, 7) is 2.00. The van der Waals surface area contributed by atoms with E-state index >= 15 is 0 Å². The van der Waals surface area contributed by atoms with Crippen LogP contribution in [-0.2, 0) is 0 Å². The molecule has 34 heavy (non-hydrogen) atoms. The predicted molar refractivity (Wildman–Crippen MR) is 134 cm³/mol. The number of ketones is 1. The summed E-state index contributed by atoms with van der Waals surface area (Å²) in [7, 11) is 0. The highest BCUT2D eigenvalue weighted by Gasteiger charge is 2.27. The molecule has 164 valence electrons. The number of nitrogens with one attached hydrogen (secondary N) is 1. The van der Waals surface area contributed by atoms with E-state index in [1.807, 2.05) is 85.8 Å². The Kier molecular flexibility index (Phi) is 4.52. The van der Waals surface area contributed by atoms with Crippen molar-refractivity contribution in [3.63, 3.8) is 0 Å². The van der Waals surface area contributed by atoms with Gasteiger partial charge in [0.25, 0.3) is 0 Å². The number of benzene rings is 4. The number of aromatic nitrogens is 2. The van der Waals surface area contributed by atoms with Crippen molar-refractivity contribution < 1.29 is 9.90 Å². The first kappa shape index (κ1) is 19.9. The second kappa shape index (κ2) is 7.71. The molecule has 0 aliphatic carbocycles. The van der Waals surface area contributed by atoms with Crippen LogP contribution in [0.5, 0.6) is 5.88 Å². The van der Waals surface area contributed by atoms with Crippen molar-refractivity contribution in [3.8, 4) is 5.88 Å². The summed E-state index contributed by atoms with van der Waals surface area (Å²) >= 11 is 0. The lowest BCUT2D eigenvalue weighted by molar-refractivity contribution is 0.104. The number of hydrogen-bond acceptors (Lipinski definition) is 4. The maximum absolute atomic E-state index is 13.7. The fraction of sp³-hybridized carbons (Fsp3) is 0.0357. The number of azo groups is 1. The summed E-state index contributed by atoms with van der Waals surface area (Å²) in [6.07, 6.45) is 0. The van der Waals surface area contributed by atoms with Crippen LogP contribution >= 0.6 is 0 Å². The van der Waals surface area contributed by atoms with E-state index in [-0.39, 0.29) is 22.9 Å². The lowest BCUT2D eigenvalue weighted by Crippen LogP contribution is -2.03. The highest BCUT2D eigenvalue weighted by molar-refractivity contribution is 6.18. The van der Waals surface area contributed by atoms with Crippen LogP contribution in [0.3, 0.4) is 0 Å². The Morgan fingerprint density at radius 2 is 1.59 bits per heavy atom. The van der Waals surface area contributed by atoms with Gasteiger partial charge in [0, 0.05) is 16.5 Å². The van der Waals surface area contributed by atoms with Crippen molar-refractivity contribution in [3.05, 3.63) is 108 Å². The third-order valence-electron chi connectivity index (χ3n) is 6.06. The molecule has 2 aromatic heterocycles. The first-order valence-electron chi connectivity index (χ1n) is 11.0. The summed E-state index contributed by atoms with van der Waals surface area (Å²) in [4.78, 5) is 17.1. The maximum Gasteiger partial charge on any atom is 0.226 e. The van der Waals surface area contributed by atoms with E-state index in [1.54, 1.807) is 16.5 Å². The molecule has 0 bridgehead atoms. The van der Waals surface area contributed by atoms with Crippen molar-refractivity contribution >= 4 is 44.6 Å². The maximum atomic E-state index is 13.7. The predicted octanol–water partition coefficient (Wildman–Crippen LogP) is 7.23. The Morgan fingerprint density at radius 3 is 2.35 bits per heavy atom. The number of carbonyl (C=O) groups is 1. The van der Waals surface area contributed by atoms with E-state index in [0.717, 1.165) is 27.4 Å². The van der Waals surface area contributed by atoms with Crippen LogP contribution in [0.15, 0.2) is 101 Å². The molecular weight excluding hydrogens is 424 g/mol. The van der Waals surface area contributed by atoms with Gasteiger partial charge in [-0.2, -0.15) is 5.11 Å². The third-order valence-corrected chi connectivity index (χ3v) is 6.06. The minimum absolute atomic E-state index is 0.127. The van der Waals surface area contributed by atoms with E-state index in [1.165, 1.54) is 0 Å². The Bertz CT molecular complexity index is 1720. The van der Waals surface area contributed by atoms with Gasteiger partial charge in [-0.3, -0.25) is 9.20 Å². The topological polar surface area (TPSA) is 82.2 Å². The van der Waals surface area contributed by atoms with Crippen LogP contribution in [0.4, 0.5) is 11.4 Å². The van der Waals surface area contributed by atoms with Crippen LogP contribution in [0.1, 0.15) is 21.5 Å². The zero-order chi connectivity index (χ0) is 23.2. The SMILES string of the molecule is Cc1ccc(N=Nc2c(C(=O)c3ccccc3)c3[nH]c4cccc5cccc(c54)n3c2O)cc1.